The summed E-state index contributed by atoms with van der Waals surface area (Å²) in [6, 6.07) is 5.17. The van der Waals surface area contributed by atoms with Crippen molar-refractivity contribution in [1.29, 1.82) is 0 Å². The van der Waals surface area contributed by atoms with E-state index in [0.717, 1.165) is 16.6 Å². The molecule has 0 N–H and O–H groups in total. The molecule has 0 atom stereocenters. The van der Waals surface area contributed by atoms with E-state index in [1.165, 1.54) is 0 Å². The minimum atomic E-state index is -3.43. The number of sulfonamides is 1. The number of rotatable bonds is 2. The van der Waals surface area contributed by atoms with Gasteiger partial charge in [0.1, 0.15) is 0 Å². The molecule has 1 aromatic rings. The lowest BCUT2D eigenvalue weighted by atomic mass is 10.1. The lowest BCUT2D eigenvalue weighted by Gasteiger charge is -2.22. The summed E-state index contributed by atoms with van der Waals surface area (Å²) >= 11 is 8.53. The second-order valence-electron chi connectivity index (χ2n) is 5.34. The van der Waals surface area contributed by atoms with Crippen LogP contribution in [-0.2, 0) is 10.0 Å². The van der Waals surface area contributed by atoms with Crippen molar-refractivity contribution in [3.8, 4) is 0 Å². The summed E-state index contributed by atoms with van der Waals surface area (Å²) in [6.45, 7) is 5.48. The summed E-state index contributed by atoms with van der Waals surface area (Å²) < 4.78 is 28.7. The molecule has 2 rings (SSSR count). The summed E-state index contributed by atoms with van der Waals surface area (Å²) in [7, 11) is -3.43. The van der Waals surface area contributed by atoms with Gasteiger partial charge in [0.25, 0.3) is 0 Å². The van der Waals surface area contributed by atoms with Crippen LogP contribution in [0.15, 0.2) is 32.0 Å². The third-order valence-corrected chi connectivity index (χ3v) is 8.05. The van der Waals surface area contributed by atoms with E-state index in [1.54, 1.807) is 22.5 Å². The fraction of sp³-hybridized carbons (Fsp3) is 0.538. The highest BCUT2D eigenvalue weighted by Gasteiger charge is 2.31. The zero-order chi connectivity index (χ0) is 15.0. The number of halogens is 2. The molecule has 0 saturated carbocycles. The Kier molecular flexibility index (Phi) is 5.28. The van der Waals surface area contributed by atoms with Crippen molar-refractivity contribution >= 4 is 53.6 Å². The van der Waals surface area contributed by atoms with Gasteiger partial charge in [-0.2, -0.15) is 16.1 Å². The van der Waals surface area contributed by atoms with Crippen LogP contribution in [0.2, 0.25) is 0 Å². The van der Waals surface area contributed by atoms with Crippen molar-refractivity contribution in [3.05, 3.63) is 27.1 Å². The van der Waals surface area contributed by atoms with Crippen LogP contribution in [0, 0.1) is 0 Å². The number of hydrogen-bond donors (Lipinski definition) is 0. The summed E-state index contributed by atoms with van der Waals surface area (Å²) in [6.07, 6.45) is 0.866. The van der Waals surface area contributed by atoms with Crippen LogP contribution in [0.5, 0.6) is 0 Å². The van der Waals surface area contributed by atoms with Crippen molar-refractivity contribution < 1.29 is 8.42 Å². The van der Waals surface area contributed by atoms with Crippen molar-refractivity contribution in [1.82, 2.24) is 4.31 Å². The minimum absolute atomic E-state index is 0.140. The largest absolute Gasteiger partial charge is 0.244 e. The predicted molar refractivity (Wildman–Crippen MR) is 91.8 cm³/mol. The Balaban J connectivity index is 2.30. The monoisotopic (exact) mass is 441 g/mol. The molecule has 1 aromatic carbocycles. The summed E-state index contributed by atoms with van der Waals surface area (Å²) in [5, 5.41) is 0. The molecule has 0 unspecified atom stereocenters. The Morgan fingerprint density at radius 2 is 1.95 bits per heavy atom. The lowest BCUT2D eigenvalue weighted by Crippen LogP contribution is -2.33. The molecule has 0 bridgehead atoms. The molecule has 112 valence electrons. The van der Waals surface area contributed by atoms with Crippen molar-refractivity contribution in [2.24, 2.45) is 0 Å². The highest BCUT2D eigenvalue weighted by molar-refractivity contribution is 9.11. The van der Waals surface area contributed by atoms with E-state index in [2.05, 4.69) is 45.7 Å². The molecule has 1 aliphatic heterocycles. The van der Waals surface area contributed by atoms with Crippen LogP contribution in [0.4, 0.5) is 0 Å². The minimum Gasteiger partial charge on any atom is -0.207 e. The van der Waals surface area contributed by atoms with Crippen molar-refractivity contribution in [2.45, 2.75) is 29.9 Å². The van der Waals surface area contributed by atoms with E-state index >= 15 is 0 Å². The third-order valence-electron chi connectivity index (χ3n) is 3.31. The Morgan fingerprint density at radius 1 is 1.25 bits per heavy atom. The van der Waals surface area contributed by atoms with E-state index in [-0.39, 0.29) is 4.75 Å². The number of thioether (sulfide) groups is 1. The van der Waals surface area contributed by atoms with Gasteiger partial charge < -0.3 is 0 Å². The highest BCUT2D eigenvalue weighted by atomic mass is 79.9. The quantitative estimate of drug-likeness (QED) is 0.691. The van der Waals surface area contributed by atoms with Crippen LogP contribution in [0.25, 0.3) is 0 Å². The van der Waals surface area contributed by atoms with Crippen LogP contribution < -0.4 is 0 Å². The van der Waals surface area contributed by atoms with Gasteiger partial charge in [-0.25, -0.2) is 8.42 Å². The van der Waals surface area contributed by atoms with Gasteiger partial charge in [0.05, 0.1) is 4.90 Å². The third kappa shape index (κ3) is 3.80. The van der Waals surface area contributed by atoms with Gasteiger partial charge >= 0.3 is 0 Å². The molecule has 0 spiro atoms. The van der Waals surface area contributed by atoms with Gasteiger partial charge in [-0.3, -0.25) is 0 Å². The second-order valence-corrected chi connectivity index (χ2v) is 10.8. The van der Waals surface area contributed by atoms with Gasteiger partial charge in [0, 0.05) is 32.5 Å². The van der Waals surface area contributed by atoms with Gasteiger partial charge in [-0.15, -0.1) is 0 Å². The standard InChI is InChI=1S/C13H17Br2NO2S2/c1-13(2)5-6-16(7-8-19-13)20(17,18)12-4-3-10(14)9-11(12)15/h3-4,9H,5-8H2,1-2H3. The lowest BCUT2D eigenvalue weighted by molar-refractivity contribution is 0.415. The van der Waals surface area contributed by atoms with E-state index in [1.807, 2.05) is 11.8 Å². The van der Waals surface area contributed by atoms with Crippen molar-refractivity contribution in [2.75, 3.05) is 18.8 Å². The predicted octanol–water partition coefficient (Wildman–Crippen LogP) is 4.12. The van der Waals surface area contributed by atoms with E-state index in [4.69, 9.17) is 0 Å². The molecule has 1 saturated heterocycles. The smallest absolute Gasteiger partial charge is 0.207 e. The maximum atomic E-state index is 12.8. The van der Waals surface area contributed by atoms with Gasteiger partial charge in [0.15, 0.2) is 0 Å². The van der Waals surface area contributed by atoms with Gasteiger partial charge in [-0.05, 0) is 40.5 Å². The molecule has 20 heavy (non-hydrogen) atoms. The zero-order valence-electron chi connectivity index (χ0n) is 11.4. The average Bonchev–Trinajstić information content (AvgIpc) is 2.50. The molecule has 0 aliphatic carbocycles. The average molecular weight is 443 g/mol. The fourth-order valence-corrected chi connectivity index (χ4v) is 6.43. The molecule has 1 aliphatic rings. The molecular weight excluding hydrogens is 426 g/mol. The highest BCUT2D eigenvalue weighted by Crippen LogP contribution is 2.34. The Bertz CT molecular complexity index is 602. The first-order valence-electron chi connectivity index (χ1n) is 6.31. The molecule has 0 radical (unpaired) electrons. The van der Waals surface area contributed by atoms with Crippen LogP contribution in [0.3, 0.4) is 0 Å². The molecule has 0 aromatic heterocycles. The first-order valence-corrected chi connectivity index (χ1v) is 10.3. The number of hydrogen-bond acceptors (Lipinski definition) is 3. The molecule has 1 heterocycles. The Morgan fingerprint density at radius 3 is 2.60 bits per heavy atom. The molecule has 7 heteroatoms. The summed E-state index contributed by atoms with van der Waals surface area (Å²) in [5.41, 5.74) is 0. The molecule has 3 nitrogen and oxygen atoms in total. The molecule has 0 amide bonds. The van der Waals surface area contributed by atoms with E-state index in [9.17, 15) is 8.42 Å². The Hall–Kier alpha value is 0.440. The topological polar surface area (TPSA) is 37.4 Å². The normalized spacial score (nSPS) is 20.6. The maximum absolute atomic E-state index is 12.8. The van der Waals surface area contributed by atoms with Gasteiger partial charge in [-0.1, -0.05) is 29.8 Å². The number of benzene rings is 1. The van der Waals surface area contributed by atoms with Crippen LogP contribution >= 0.6 is 43.6 Å². The van der Waals surface area contributed by atoms with Gasteiger partial charge in [0.2, 0.25) is 10.0 Å². The van der Waals surface area contributed by atoms with Crippen LogP contribution in [-0.4, -0.2) is 36.3 Å². The SMILES string of the molecule is CC1(C)CCN(S(=O)(=O)c2ccc(Br)cc2Br)CCS1. The van der Waals surface area contributed by atoms with E-state index in [0.29, 0.717) is 22.5 Å². The summed E-state index contributed by atoms with van der Waals surface area (Å²) in [5.74, 6) is 0.834. The van der Waals surface area contributed by atoms with Crippen molar-refractivity contribution in [3.63, 3.8) is 0 Å². The zero-order valence-corrected chi connectivity index (χ0v) is 16.2. The second kappa shape index (κ2) is 6.28. The fourth-order valence-electron chi connectivity index (χ4n) is 2.07. The number of nitrogens with zero attached hydrogens (tertiary/aromatic N) is 1. The first-order chi connectivity index (χ1) is 9.22. The molecule has 1 fully saturated rings. The summed E-state index contributed by atoms with van der Waals surface area (Å²) in [4.78, 5) is 0.338. The van der Waals surface area contributed by atoms with Crippen LogP contribution in [0.1, 0.15) is 20.3 Å². The molecular formula is C13H17Br2NO2S2. The van der Waals surface area contributed by atoms with E-state index < -0.39 is 10.0 Å². The maximum Gasteiger partial charge on any atom is 0.244 e. The Labute approximate surface area is 141 Å². The first kappa shape index (κ1) is 16.8.